The minimum absolute atomic E-state index is 0.000915. The van der Waals surface area contributed by atoms with E-state index in [0.717, 1.165) is 5.56 Å². The molecule has 1 atom stereocenters. The van der Waals surface area contributed by atoms with Crippen molar-refractivity contribution in [2.75, 3.05) is 11.9 Å². The first-order valence-corrected chi connectivity index (χ1v) is 8.91. The number of carbonyl (C=O) groups excluding carboxylic acids is 3. The molecule has 0 saturated heterocycles. The molecule has 6 heteroatoms. The topological polar surface area (TPSA) is 84.5 Å². The number of hydrogen-bond donors (Lipinski definition) is 2. The lowest BCUT2D eigenvalue weighted by Crippen LogP contribution is -2.28. The van der Waals surface area contributed by atoms with Gasteiger partial charge in [-0.05, 0) is 31.5 Å². The van der Waals surface area contributed by atoms with Crippen molar-refractivity contribution < 1.29 is 19.1 Å². The van der Waals surface area contributed by atoms with E-state index in [1.54, 1.807) is 31.2 Å². The van der Waals surface area contributed by atoms with Gasteiger partial charge in [0, 0.05) is 6.42 Å². The second-order valence-corrected chi connectivity index (χ2v) is 6.00. The van der Waals surface area contributed by atoms with Crippen LogP contribution in [0.4, 0.5) is 5.69 Å². The Kier molecular flexibility index (Phi) is 7.55. The molecular formula is C21H24N2O4. The molecule has 6 nitrogen and oxygen atoms in total. The Morgan fingerprint density at radius 1 is 0.963 bits per heavy atom. The molecule has 2 N–H and O–H groups in total. The van der Waals surface area contributed by atoms with Crippen LogP contribution in [-0.4, -0.2) is 24.4 Å². The van der Waals surface area contributed by atoms with E-state index in [0.29, 0.717) is 11.3 Å². The summed E-state index contributed by atoms with van der Waals surface area (Å²) in [5.74, 6) is -1.05. The third-order valence-electron chi connectivity index (χ3n) is 3.95. The fourth-order valence-electron chi connectivity index (χ4n) is 2.55. The van der Waals surface area contributed by atoms with E-state index in [1.807, 2.05) is 37.3 Å². The van der Waals surface area contributed by atoms with Gasteiger partial charge in [0.15, 0.2) is 0 Å². The Labute approximate surface area is 158 Å². The van der Waals surface area contributed by atoms with E-state index in [9.17, 15) is 14.4 Å². The van der Waals surface area contributed by atoms with Gasteiger partial charge in [-0.25, -0.2) is 0 Å². The van der Waals surface area contributed by atoms with E-state index in [2.05, 4.69) is 10.6 Å². The van der Waals surface area contributed by atoms with Crippen LogP contribution in [0.3, 0.4) is 0 Å². The first-order valence-electron chi connectivity index (χ1n) is 8.91. The molecule has 2 amide bonds. The maximum atomic E-state index is 12.6. The van der Waals surface area contributed by atoms with Gasteiger partial charge in [0.2, 0.25) is 5.91 Å². The van der Waals surface area contributed by atoms with Crippen LogP contribution in [0.2, 0.25) is 0 Å². The molecule has 0 fully saturated rings. The fraction of sp³-hybridized carbons (Fsp3) is 0.286. The molecule has 2 rings (SSSR count). The number of rotatable bonds is 8. The second-order valence-electron chi connectivity index (χ2n) is 6.00. The molecule has 0 spiro atoms. The molecular weight excluding hydrogens is 344 g/mol. The molecule has 2 aromatic rings. The summed E-state index contributed by atoms with van der Waals surface area (Å²) in [6.45, 7) is 3.89. The minimum atomic E-state index is -0.421. The van der Waals surface area contributed by atoms with E-state index < -0.39 is 5.97 Å². The van der Waals surface area contributed by atoms with Crippen molar-refractivity contribution in [3.05, 3.63) is 65.7 Å². The van der Waals surface area contributed by atoms with Crippen LogP contribution >= 0.6 is 0 Å². The average Bonchev–Trinajstić information content (AvgIpc) is 2.67. The van der Waals surface area contributed by atoms with Crippen LogP contribution in [0.1, 0.15) is 48.7 Å². The number of benzene rings is 2. The van der Waals surface area contributed by atoms with Crippen molar-refractivity contribution in [1.82, 2.24) is 5.32 Å². The number of anilines is 1. The van der Waals surface area contributed by atoms with Gasteiger partial charge in [-0.15, -0.1) is 0 Å². The molecule has 0 bridgehead atoms. The molecule has 1 unspecified atom stereocenters. The maximum absolute atomic E-state index is 12.6. The lowest BCUT2D eigenvalue weighted by Gasteiger charge is -2.16. The van der Waals surface area contributed by atoms with Crippen molar-refractivity contribution in [2.45, 2.75) is 32.7 Å². The number of amides is 2. The van der Waals surface area contributed by atoms with Gasteiger partial charge >= 0.3 is 5.97 Å². The lowest BCUT2D eigenvalue weighted by atomic mass is 10.1. The molecule has 2 aromatic carbocycles. The fourth-order valence-corrected chi connectivity index (χ4v) is 2.55. The van der Waals surface area contributed by atoms with Crippen LogP contribution in [-0.2, 0) is 14.3 Å². The number of para-hydroxylation sites is 1. The first-order chi connectivity index (χ1) is 13.0. The number of hydrogen-bond acceptors (Lipinski definition) is 4. The monoisotopic (exact) mass is 368 g/mol. The number of ether oxygens (including phenoxy) is 1. The van der Waals surface area contributed by atoms with Gasteiger partial charge in [-0.1, -0.05) is 42.5 Å². The average molecular weight is 368 g/mol. The Morgan fingerprint density at radius 2 is 1.63 bits per heavy atom. The number of nitrogens with one attached hydrogen (secondary N) is 2. The summed E-state index contributed by atoms with van der Waals surface area (Å²) in [7, 11) is 0. The first kappa shape index (κ1) is 20.2. The highest BCUT2D eigenvalue weighted by Crippen LogP contribution is 2.18. The number of esters is 1. The third kappa shape index (κ3) is 6.26. The predicted octanol–water partition coefficient (Wildman–Crippen LogP) is 3.46. The zero-order valence-electron chi connectivity index (χ0n) is 15.5. The predicted molar refractivity (Wildman–Crippen MR) is 103 cm³/mol. The maximum Gasteiger partial charge on any atom is 0.306 e. The zero-order chi connectivity index (χ0) is 19.6. The summed E-state index contributed by atoms with van der Waals surface area (Å²) in [5.41, 5.74) is 1.76. The molecule has 0 aliphatic rings. The summed E-state index contributed by atoms with van der Waals surface area (Å²) in [6.07, 6.45) is -0.00567. The third-order valence-corrected chi connectivity index (χ3v) is 3.95. The molecule has 0 aliphatic heterocycles. The number of carbonyl (C=O) groups is 3. The summed E-state index contributed by atoms with van der Waals surface area (Å²) >= 11 is 0. The molecule has 0 heterocycles. The highest BCUT2D eigenvalue weighted by Gasteiger charge is 2.16. The molecule has 0 saturated carbocycles. The molecule has 27 heavy (non-hydrogen) atoms. The van der Waals surface area contributed by atoms with Gasteiger partial charge in [0.05, 0.1) is 30.3 Å². The normalized spacial score (nSPS) is 11.3. The summed E-state index contributed by atoms with van der Waals surface area (Å²) in [6, 6.07) is 16.2. The van der Waals surface area contributed by atoms with E-state index >= 15 is 0 Å². The van der Waals surface area contributed by atoms with Crippen LogP contribution in [0.5, 0.6) is 0 Å². The minimum Gasteiger partial charge on any atom is -0.466 e. The Hall–Kier alpha value is -3.15. The Morgan fingerprint density at radius 3 is 2.33 bits per heavy atom. The molecule has 0 radical (unpaired) electrons. The highest BCUT2D eigenvalue weighted by molar-refractivity contribution is 6.04. The van der Waals surface area contributed by atoms with E-state index in [1.165, 1.54) is 0 Å². The summed E-state index contributed by atoms with van der Waals surface area (Å²) in [4.78, 5) is 36.1. The lowest BCUT2D eigenvalue weighted by molar-refractivity contribution is -0.144. The van der Waals surface area contributed by atoms with Crippen molar-refractivity contribution in [1.29, 1.82) is 0 Å². The van der Waals surface area contributed by atoms with Crippen LogP contribution in [0.15, 0.2) is 54.6 Å². The highest BCUT2D eigenvalue weighted by atomic mass is 16.5. The van der Waals surface area contributed by atoms with Crippen LogP contribution in [0.25, 0.3) is 0 Å². The van der Waals surface area contributed by atoms with Gasteiger partial charge in [0.25, 0.3) is 5.91 Å². The molecule has 0 aliphatic carbocycles. The standard InChI is InChI=1S/C21H24N2O4/c1-3-27-20(25)14-13-19(24)23-18-12-8-7-11-17(18)21(26)22-15(2)16-9-5-4-6-10-16/h4-12,15H,3,13-14H2,1-2H3,(H,22,26)(H,23,24). The zero-order valence-corrected chi connectivity index (χ0v) is 15.5. The molecule has 0 aromatic heterocycles. The van der Waals surface area contributed by atoms with Crippen LogP contribution in [0, 0.1) is 0 Å². The SMILES string of the molecule is CCOC(=O)CCC(=O)Nc1ccccc1C(=O)NC(C)c1ccccc1. The largest absolute Gasteiger partial charge is 0.466 e. The van der Waals surface area contributed by atoms with Crippen molar-refractivity contribution in [3.8, 4) is 0 Å². The Bertz CT molecular complexity index is 790. The Balaban J connectivity index is 2.01. The van der Waals surface area contributed by atoms with Crippen molar-refractivity contribution in [3.63, 3.8) is 0 Å². The smallest absolute Gasteiger partial charge is 0.306 e. The van der Waals surface area contributed by atoms with Crippen molar-refractivity contribution in [2.24, 2.45) is 0 Å². The summed E-state index contributed by atoms with van der Waals surface area (Å²) < 4.78 is 4.81. The van der Waals surface area contributed by atoms with Gasteiger partial charge in [-0.3, -0.25) is 14.4 Å². The van der Waals surface area contributed by atoms with Gasteiger partial charge in [-0.2, -0.15) is 0 Å². The van der Waals surface area contributed by atoms with E-state index in [4.69, 9.17) is 4.74 Å². The van der Waals surface area contributed by atoms with Crippen LogP contribution < -0.4 is 10.6 Å². The quantitative estimate of drug-likeness (QED) is 0.699. The summed E-state index contributed by atoms with van der Waals surface area (Å²) in [5, 5.41) is 5.62. The van der Waals surface area contributed by atoms with Crippen molar-refractivity contribution >= 4 is 23.5 Å². The van der Waals surface area contributed by atoms with Gasteiger partial charge < -0.3 is 15.4 Å². The van der Waals surface area contributed by atoms with E-state index in [-0.39, 0.29) is 37.3 Å². The van der Waals surface area contributed by atoms with Gasteiger partial charge in [0.1, 0.15) is 0 Å². The molecule has 142 valence electrons. The second kappa shape index (κ2) is 10.1.